The number of hydrogen-bond acceptors (Lipinski definition) is 9. The van der Waals surface area contributed by atoms with Crippen molar-refractivity contribution in [1.82, 2.24) is 0 Å². The van der Waals surface area contributed by atoms with Crippen LogP contribution in [0.2, 0.25) is 6.04 Å². The van der Waals surface area contributed by atoms with Gasteiger partial charge in [-0.1, -0.05) is 0 Å². The largest absolute Gasteiger partial charge is 0.500 e. The van der Waals surface area contributed by atoms with E-state index < -0.39 is 24.2 Å². The monoisotopic (exact) mass is 410 g/mol. The van der Waals surface area contributed by atoms with Gasteiger partial charge in [-0.25, -0.2) is 0 Å². The SMILES string of the molecule is CO[Si](CCC(N)[SiH2]OCC1CO1)(OC)OC(CCN)(CCN)CCN. The van der Waals surface area contributed by atoms with Crippen LogP contribution in [0.3, 0.4) is 0 Å². The fourth-order valence-corrected chi connectivity index (χ4v) is 7.04. The summed E-state index contributed by atoms with van der Waals surface area (Å²) in [5.74, 6) is 0. The van der Waals surface area contributed by atoms with Crippen LogP contribution in [-0.2, 0) is 22.4 Å². The van der Waals surface area contributed by atoms with E-state index in [1.807, 2.05) is 0 Å². The van der Waals surface area contributed by atoms with Crippen molar-refractivity contribution in [3.63, 3.8) is 0 Å². The van der Waals surface area contributed by atoms with Crippen LogP contribution in [0.15, 0.2) is 0 Å². The quantitative estimate of drug-likeness (QED) is 0.160. The van der Waals surface area contributed by atoms with Gasteiger partial charge in [0.25, 0.3) is 0 Å². The summed E-state index contributed by atoms with van der Waals surface area (Å²) >= 11 is 0. The molecule has 1 fully saturated rings. The van der Waals surface area contributed by atoms with Gasteiger partial charge in [-0.3, -0.25) is 0 Å². The molecule has 0 aromatic rings. The third kappa shape index (κ3) is 8.39. The highest BCUT2D eigenvalue weighted by molar-refractivity contribution is 6.60. The Morgan fingerprint density at radius 2 is 1.65 bits per heavy atom. The van der Waals surface area contributed by atoms with E-state index in [4.69, 9.17) is 45.4 Å². The van der Waals surface area contributed by atoms with E-state index in [1.54, 1.807) is 14.2 Å². The molecule has 2 unspecified atom stereocenters. The van der Waals surface area contributed by atoms with Crippen LogP contribution < -0.4 is 22.9 Å². The molecule has 1 heterocycles. The third-order valence-corrected chi connectivity index (χ3v) is 8.85. The second-order valence-corrected chi connectivity index (χ2v) is 11.5. The van der Waals surface area contributed by atoms with Crippen LogP contribution in [0, 0.1) is 0 Å². The van der Waals surface area contributed by atoms with E-state index in [1.165, 1.54) is 0 Å². The lowest BCUT2D eigenvalue weighted by Crippen LogP contribution is -2.54. The number of hydrogen-bond donors (Lipinski definition) is 4. The molecule has 0 radical (unpaired) electrons. The van der Waals surface area contributed by atoms with Crippen LogP contribution in [-0.4, -0.2) is 83.0 Å². The van der Waals surface area contributed by atoms with Crippen molar-refractivity contribution in [2.24, 2.45) is 22.9 Å². The highest BCUT2D eigenvalue weighted by Gasteiger charge is 2.46. The Balaban J connectivity index is 2.64. The summed E-state index contributed by atoms with van der Waals surface area (Å²) in [4.78, 5) is 0. The van der Waals surface area contributed by atoms with Crippen LogP contribution in [0.4, 0.5) is 0 Å². The van der Waals surface area contributed by atoms with E-state index in [-0.39, 0.29) is 11.8 Å². The lowest BCUT2D eigenvalue weighted by molar-refractivity contribution is -0.0300. The summed E-state index contributed by atoms with van der Waals surface area (Å²) in [6.45, 7) is 2.91. The van der Waals surface area contributed by atoms with Crippen LogP contribution >= 0.6 is 0 Å². The van der Waals surface area contributed by atoms with Gasteiger partial charge >= 0.3 is 8.80 Å². The van der Waals surface area contributed by atoms with E-state index in [9.17, 15) is 0 Å². The van der Waals surface area contributed by atoms with Crippen molar-refractivity contribution in [2.75, 3.05) is 47.1 Å². The van der Waals surface area contributed by atoms with Gasteiger partial charge in [-0.2, -0.15) is 0 Å². The van der Waals surface area contributed by atoms with Crippen molar-refractivity contribution in [1.29, 1.82) is 0 Å². The van der Waals surface area contributed by atoms with E-state index in [2.05, 4.69) is 0 Å². The van der Waals surface area contributed by atoms with Gasteiger partial charge < -0.3 is 45.4 Å². The lowest BCUT2D eigenvalue weighted by Gasteiger charge is -2.41. The first kappa shape index (κ1) is 24.1. The maximum atomic E-state index is 6.50. The predicted octanol–water partition coefficient (Wildman–Crippen LogP) is -1.81. The van der Waals surface area contributed by atoms with Gasteiger partial charge in [0.15, 0.2) is 9.76 Å². The minimum absolute atomic E-state index is 0.0162. The summed E-state index contributed by atoms with van der Waals surface area (Å²) in [5.41, 5.74) is 23.2. The van der Waals surface area contributed by atoms with Gasteiger partial charge in [-0.05, 0) is 45.3 Å². The molecule has 2 atom stereocenters. The highest BCUT2D eigenvalue weighted by Crippen LogP contribution is 2.31. The second-order valence-electron chi connectivity index (χ2n) is 6.78. The summed E-state index contributed by atoms with van der Waals surface area (Å²) in [6.07, 6.45) is 2.99. The fraction of sp³-hybridized carbons (Fsp3) is 1.00. The smallest absolute Gasteiger partial charge is 0.420 e. The first-order valence-electron chi connectivity index (χ1n) is 9.34. The Morgan fingerprint density at radius 1 is 1.12 bits per heavy atom. The second kappa shape index (κ2) is 12.5. The highest BCUT2D eigenvalue weighted by atomic mass is 28.4. The molecular weight excluding hydrogens is 372 g/mol. The van der Waals surface area contributed by atoms with Gasteiger partial charge in [0.2, 0.25) is 0 Å². The Bertz CT molecular complexity index is 359. The number of epoxide rings is 1. The molecule has 156 valence electrons. The fourth-order valence-electron chi connectivity index (χ4n) is 3.03. The average Bonchev–Trinajstić information content (AvgIpc) is 3.44. The van der Waals surface area contributed by atoms with E-state index >= 15 is 0 Å². The topological polar surface area (TPSA) is 154 Å². The average molecular weight is 411 g/mol. The summed E-state index contributed by atoms with van der Waals surface area (Å²) in [6, 6.07) is 0.624. The minimum Gasteiger partial charge on any atom is -0.420 e. The molecule has 11 heteroatoms. The van der Waals surface area contributed by atoms with Gasteiger partial charge in [0, 0.05) is 25.9 Å². The zero-order valence-electron chi connectivity index (χ0n) is 16.3. The summed E-state index contributed by atoms with van der Waals surface area (Å²) in [5, 5.41) is 0. The zero-order valence-corrected chi connectivity index (χ0v) is 18.7. The van der Waals surface area contributed by atoms with E-state index in [0.717, 1.165) is 13.0 Å². The number of ether oxygens (including phenoxy) is 1. The Kier molecular flexibility index (Phi) is 11.6. The molecule has 26 heavy (non-hydrogen) atoms. The molecule has 0 aromatic heterocycles. The predicted molar refractivity (Wildman–Crippen MR) is 106 cm³/mol. The molecule has 0 saturated carbocycles. The molecule has 0 aromatic carbocycles. The number of rotatable bonds is 17. The molecular formula is C15H38N4O5Si2. The third-order valence-electron chi connectivity index (χ3n) is 4.65. The van der Waals surface area contributed by atoms with Gasteiger partial charge in [0.1, 0.15) is 6.10 Å². The van der Waals surface area contributed by atoms with Gasteiger partial charge in [0.05, 0.1) is 18.8 Å². The van der Waals surface area contributed by atoms with Crippen LogP contribution in [0.25, 0.3) is 0 Å². The maximum Gasteiger partial charge on any atom is 0.500 e. The Labute approximate surface area is 160 Å². The minimum atomic E-state index is -2.91. The van der Waals surface area contributed by atoms with Crippen molar-refractivity contribution in [3.8, 4) is 0 Å². The first-order chi connectivity index (χ1) is 12.5. The van der Waals surface area contributed by atoms with Crippen LogP contribution in [0.1, 0.15) is 25.7 Å². The molecule has 8 N–H and O–H groups in total. The lowest BCUT2D eigenvalue weighted by atomic mass is 9.92. The molecule has 1 aliphatic heterocycles. The standard InChI is InChI=1S/C15H38N4O5Si2/c1-20-26(21-2,10-3-14(19)25-23-12-13-11-22-13)24-15(4-7-16,5-8-17)6-9-18/h13-14H,3-12,16-19,25H2,1-2H3. The molecule has 1 saturated heterocycles. The van der Waals surface area contributed by atoms with Gasteiger partial charge in [-0.15, -0.1) is 0 Å². The normalized spacial score (nSPS) is 19.4. The summed E-state index contributed by atoms with van der Waals surface area (Å²) in [7, 11) is -0.490. The molecule has 1 aliphatic rings. The maximum absolute atomic E-state index is 6.50. The van der Waals surface area contributed by atoms with E-state index in [0.29, 0.717) is 51.5 Å². The van der Waals surface area contributed by atoms with Crippen LogP contribution in [0.5, 0.6) is 0 Å². The Morgan fingerprint density at radius 3 is 2.08 bits per heavy atom. The molecule has 0 bridgehead atoms. The Hall–Kier alpha value is 0.0738. The summed E-state index contributed by atoms with van der Waals surface area (Å²) < 4.78 is 28.9. The first-order valence-corrected chi connectivity index (χ1v) is 12.7. The van der Waals surface area contributed by atoms with Crippen molar-refractivity contribution in [3.05, 3.63) is 0 Å². The molecule has 0 aliphatic carbocycles. The molecule has 0 spiro atoms. The molecule has 0 amide bonds. The van der Waals surface area contributed by atoms with Crippen molar-refractivity contribution >= 4 is 18.6 Å². The zero-order chi connectivity index (χ0) is 19.5. The van der Waals surface area contributed by atoms with Crippen molar-refractivity contribution < 1.29 is 22.4 Å². The molecule has 1 rings (SSSR count). The number of nitrogens with two attached hydrogens (primary N) is 4. The molecule has 9 nitrogen and oxygen atoms in total. The van der Waals surface area contributed by atoms with Crippen molar-refractivity contribution in [2.45, 2.75) is 49.1 Å².